The second-order valence-corrected chi connectivity index (χ2v) is 5.90. The molecule has 124 valence electrons. The van der Waals surface area contributed by atoms with Gasteiger partial charge in [0.2, 0.25) is 5.91 Å². The lowest BCUT2D eigenvalue weighted by Crippen LogP contribution is -2.27. The molecule has 1 amide bonds. The van der Waals surface area contributed by atoms with E-state index in [0.717, 1.165) is 23.3 Å². The van der Waals surface area contributed by atoms with Gasteiger partial charge in [-0.1, -0.05) is 30.3 Å². The molecular weight excluding hydrogens is 300 g/mol. The Kier molecular flexibility index (Phi) is 4.85. The Morgan fingerprint density at radius 3 is 2.83 bits per heavy atom. The van der Waals surface area contributed by atoms with Gasteiger partial charge in [-0.15, -0.1) is 0 Å². The molecule has 0 atom stereocenters. The number of aromatic nitrogens is 1. The number of carbonyl (C=O) groups is 1. The molecule has 0 fully saturated rings. The van der Waals surface area contributed by atoms with E-state index in [1.54, 1.807) is 7.11 Å². The molecule has 2 aromatic carbocycles. The lowest BCUT2D eigenvalue weighted by molar-refractivity contribution is -0.120. The first-order chi connectivity index (χ1) is 11.7. The minimum atomic E-state index is 0.0285. The third kappa shape index (κ3) is 3.59. The number of carbonyl (C=O) groups excluding carboxylic acids is 1. The van der Waals surface area contributed by atoms with Crippen molar-refractivity contribution in [2.75, 3.05) is 13.7 Å². The molecule has 0 aliphatic rings. The van der Waals surface area contributed by atoms with Crippen LogP contribution in [0.1, 0.15) is 16.8 Å². The van der Waals surface area contributed by atoms with Crippen molar-refractivity contribution in [3.63, 3.8) is 0 Å². The van der Waals surface area contributed by atoms with E-state index in [-0.39, 0.29) is 5.91 Å². The summed E-state index contributed by atoms with van der Waals surface area (Å²) in [6.07, 6.45) is 1.18. The first-order valence-electron chi connectivity index (χ1n) is 8.13. The molecule has 0 saturated heterocycles. The van der Waals surface area contributed by atoms with Crippen LogP contribution < -0.4 is 10.1 Å². The topological polar surface area (TPSA) is 54.1 Å². The van der Waals surface area contributed by atoms with Crippen LogP contribution in [-0.4, -0.2) is 24.5 Å². The number of hydrogen-bond acceptors (Lipinski definition) is 2. The number of methoxy groups -OCH3 is 1. The second-order valence-electron chi connectivity index (χ2n) is 5.90. The van der Waals surface area contributed by atoms with Crippen molar-refractivity contribution in [2.24, 2.45) is 0 Å². The van der Waals surface area contributed by atoms with E-state index in [9.17, 15) is 4.79 Å². The molecule has 0 radical (unpaired) electrons. The first kappa shape index (κ1) is 16.1. The van der Waals surface area contributed by atoms with Gasteiger partial charge in [0.15, 0.2) is 0 Å². The fraction of sp³-hybridized carbons (Fsp3) is 0.250. The maximum Gasteiger partial charge on any atom is 0.224 e. The van der Waals surface area contributed by atoms with Gasteiger partial charge in [-0.3, -0.25) is 4.79 Å². The Bertz CT molecular complexity index is 852. The number of nitrogens with one attached hydrogen (secondary N) is 2. The number of amides is 1. The van der Waals surface area contributed by atoms with Gasteiger partial charge >= 0.3 is 0 Å². The Balaban J connectivity index is 1.57. The molecule has 0 bridgehead atoms. The van der Waals surface area contributed by atoms with Crippen LogP contribution in [0.4, 0.5) is 0 Å². The Morgan fingerprint density at radius 1 is 1.17 bits per heavy atom. The SMILES string of the molecule is COc1cccc(CC(=O)NCCc2c(C)[nH]c3ccccc23)c1. The molecule has 4 heteroatoms. The minimum absolute atomic E-state index is 0.0285. The van der Waals surface area contributed by atoms with Gasteiger partial charge < -0.3 is 15.0 Å². The van der Waals surface area contributed by atoms with E-state index in [4.69, 9.17) is 4.74 Å². The standard InChI is InChI=1S/C20H22N2O2/c1-14-17(18-8-3-4-9-19(18)22-14)10-11-21-20(23)13-15-6-5-7-16(12-15)24-2/h3-9,12,22H,10-11,13H2,1-2H3,(H,21,23). The van der Waals surface area contributed by atoms with Crippen molar-refractivity contribution in [1.82, 2.24) is 10.3 Å². The summed E-state index contributed by atoms with van der Waals surface area (Å²) in [6.45, 7) is 2.71. The van der Waals surface area contributed by atoms with Crippen LogP contribution in [0.25, 0.3) is 10.9 Å². The van der Waals surface area contributed by atoms with E-state index >= 15 is 0 Å². The Hall–Kier alpha value is -2.75. The summed E-state index contributed by atoms with van der Waals surface area (Å²) in [6, 6.07) is 15.9. The van der Waals surface area contributed by atoms with Gasteiger partial charge in [-0.25, -0.2) is 0 Å². The molecule has 3 rings (SSSR count). The molecular formula is C20H22N2O2. The predicted octanol–water partition coefficient (Wildman–Crippen LogP) is 3.39. The monoisotopic (exact) mass is 322 g/mol. The van der Waals surface area contributed by atoms with Crippen molar-refractivity contribution in [3.05, 3.63) is 65.4 Å². The average Bonchev–Trinajstić information content (AvgIpc) is 2.91. The summed E-state index contributed by atoms with van der Waals surface area (Å²) in [5.41, 5.74) is 4.54. The molecule has 3 aromatic rings. The average molecular weight is 322 g/mol. The molecule has 4 nitrogen and oxygen atoms in total. The lowest BCUT2D eigenvalue weighted by atomic mass is 10.1. The maximum absolute atomic E-state index is 12.1. The summed E-state index contributed by atoms with van der Waals surface area (Å²) in [5.74, 6) is 0.801. The highest BCUT2D eigenvalue weighted by molar-refractivity contribution is 5.84. The number of benzene rings is 2. The van der Waals surface area contributed by atoms with Crippen molar-refractivity contribution in [1.29, 1.82) is 0 Å². The van der Waals surface area contributed by atoms with E-state index in [1.165, 1.54) is 16.6 Å². The number of para-hydroxylation sites is 1. The highest BCUT2D eigenvalue weighted by Gasteiger charge is 2.09. The number of rotatable bonds is 6. The van der Waals surface area contributed by atoms with Gasteiger partial charge in [0, 0.05) is 23.1 Å². The third-order valence-electron chi connectivity index (χ3n) is 4.22. The van der Waals surface area contributed by atoms with Crippen molar-refractivity contribution in [3.8, 4) is 5.75 Å². The predicted molar refractivity (Wildman–Crippen MR) is 96.4 cm³/mol. The molecule has 24 heavy (non-hydrogen) atoms. The smallest absolute Gasteiger partial charge is 0.224 e. The first-order valence-corrected chi connectivity index (χ1v) is 8.13. The van der Waals surface area contributed by atoms with Gasteiger partial charge in [0.05, 0.1) is 13.5 Å². The third-order valence-corrected chi connectivity index (χ3v) is 4.22. The molecule has 0 aliphatic carbocycles. The van der Waals surface area contributed by atoms with Crippen LogP contribution in [0.15, 0.2) is 48.5 Å². The van der Waals surface area contributed by atoms with Crippen molar-refractivity contribution in [2.45, 2.75) is 19.8 Å². The summed E-state index contributed by atoms with van der Waals surface area (Å²) < 4.78 is 5.19. The van der Waals surface area contributed by atoms with E-state index in [1.807, 2.05) is 36.4 Å². The fourth-order valence-corrected chi connectivity index (χ4v) is 3.01. The number of hydrogen-bond donors (Lipinski definition) is 2. The number of ether oxygens (including phenoxy) is 1. The van der Waals surface area contributed by atoms with Crippen molar-refractivity contribution < 1.29 is 9.53 Å². The maximum atomic E-state index is 12.1. The van der Waals surface area contributed by atoms with Gasteiger partial charge in [-0.05, 0) is 42.7 Å². The molecule has 1 heterocycles. The molecule has 2 N–H and O–H groups in total. The molecule has 0 aliphatic heterocycles. The highest BCUT2D eigenvalue weighted by atomic mass is 16.5. The number of H-pyrrole nitrogens is 1. The zero-order valence-electron chi connectivity index (χ0n) is 14.1. The molecule has 1 aromatic heterocycles. The Labute approximate surface area is 141 Å². The second kappa shape index (κ2) is 7.21. The van der Waals surface area contributed by atoms with Crippen LogP contribution in [0.2, 0.25) is 0 Å². The highest BCUT2D eigenvalue weighted by Crippen LogP contribution is 2.21. The molecule has 0 saturated carbocycles. The lowest BCUT2D eigenvalue weighted by Gasteiger charge is -2.07. The van der Waals surface area contributed by atoms with Crippen molar-refractivity contribution >= 4 is 16.8 Å². The zero-order chi connectivity index (χ0) is 16.9. The van der Waals surface area contributed by atoms with Gasteiger partial charge in [0.1, 0.15) is 5.75 Å². The van der Waals surface area contributed by atoms with Gasteiger partial charge in [0.25, 0.3) is 0 Å². The number of aryl methyl sites for hydroxylation is 1. The fourth-order valence-electron chi connectivity index (χ4n) is 3.01. The minimum Gasteiger partial charge on any atom is -0.497 e. The summed E-state index contributed by atoms with van der Waals surface area (Å²) in [7, 11) is 1.63. The van der Waals surface area contributed by atoms with E-state index < -0.39 is 0 Å². The number of aromatic amines is 1. The van der Waals surface area contributed by atoms with Crippen LogP contribution in [0.5, 0.6) is 5.75 Å². The van der Waals surface area contributed by atoms with Crippen LogP contribution in [0.3, 0.4) is 0 Å². The van der Waals surface area contributed by atoms with E-state index in [2.05, 4.69) is 29.4 Å². The molecule has 0 unspecified atom stereocenters. The summed E-state index contributed by atoms with van der Waals surface area (Å²) in [5, 5.41) is 4.24. The van der Waals surface area contributed by atoms with Crippen LogP contribution >= 0.6 is 0 Å². The summed E-state index contributed by atoms with van der Waals surface area (Å²) >= 11 is 0. The summed E-state index contributed by atoms with van der Waals surface area (Å²) in [4.78, 5) is 15.5. The van der Waals surface area contributed by atoms with Gasteiger partial charge in [-0.2, -0.15) is 0 Å². The zero-order valence-corrected chi connectivity index (χ0v) is 14.1. The quantitative estimate of drug-likeness (QED) is 0.731. The normalized spacial score (nSPS) is 10.8. The van der Waals surface area contributed by atoms with Crippen LogP contribution in [0, 0.1) is 6.92 Å². The van der Waals surface area contributed by atoms with Crippen LogP contribution in [-0.2, 0) is 17.6 Å². The molecule has 0 spiro atoms. The Morgan fingerprint density at radius 2 is 2.00 bits per heavy atom. The number of fused-ring (bicyclic) bond motifs is 1. The van der Waals surface area contributed by atoms with E-state index in [0.29, 0.717) is 13.0 Å². The largest absolute Gasteiger partial charge is 0.497 e.